The van der Waals surface area contributed by atoms with Crippen LogP contribution in [0.1, 0.15) is 23.3 Å². The molecule has 38 heavy (non-hydrogen) atoms. The molecule has 9 atom stereocenters. The largest absolute Gasteiger partial charge is 0.504 e. The summed E-state index contributed by atoms with van der Waals surface area (Å²) in [5, 5.41) is 70.6. The molecule has 0 saturated carbocycles. The van der Waals surface area contributed by atoms with E-state index in [-0.39, 0.29) is 36.2 Å². The Labute approximate surface area is 219 Å². The van der Waals surface area contributed by atoms with Crippen LogP contribution >= 0.6 is 0 Å². The summed E-state index contributed by atoms with van der Waals surface area (Å²) in [5.74, 6) is -0.758. The van der Waals surface area contributed by atoms with E-state index in [1.54, 1.807) is 24.3 Å². The molecule has 2 saturated heterocycles. The molecule has 12 nitrogen and oxygen atoms in total. The van der Waals surface area contributed by atoms with Crippen LogP contribution in [0.4, 0.5) is 0 Å². The summed E-state index contributed by atoms with van der Waals surface area (Å²) in [6.45, 7) is -1.03. The lowest BCUT2D eigenvalue weighted by molar-refractivity contribution is -0.304. The average molecular weight is 539 g/mol. The van der Waals surface area contributed by atoms with E-state index >= 15 is 0 Å². The first kappa shape index (κ1) is 28.3. The topological polar surface area (TPSA) is 188 Å². The summed E-state index contributed by atoms with van der Waals surface area (Å²) >= 11 is 0. The van der Waals surface area contributed by atoms with Crippen molar-refractivity contribution in [2.24, 2.45) is 11.8 Å². The maximum Gasteiger partial charge on any atom is 0.186 e. The summed E-state index contributed by atoms with van der Waals surface area (Å²) in [5.41, 5.74) is 1.25. The van der Waals surface area contributed by atoms with Crippen molar-refractivity contribution in [1.29, 1.82) is 0 Å². The van der Waals surface area contributed by atoms with Gasteiger partial charge in [-0.05, 0) is 35.4 Å². The third-order valence-corrected chi connectivity index (χ3v) is 7.20. The second-order valence-electron chi connectivity index (χ2n) is 9.38. The quantitative estimate of drug-likeness (QED) is 0.226. The first-order valence-electron chi connectivity index (χ1n) is 12.2. The predicted octanol–water partition coefficient (Wildman–Crippen LogP) is -0.0312. The first-order chi connectivity index (χ1) is 18.2. The van der Waals surface area contributed by atoms with Gasteiger partial charge in [0.25, 0.3) is 0 Å². The standard InChI is InChI=1S/C26H34O12/c1-34-18-7-12(3-5-16(18)29)24-14(9-27)15(25(38-24)13-4-6-17(30)19(8-13)35-2)11-36-26-23(33)22(32)21(31)20(10-28)37-26/h3-8,14-15,20-33H,9-11H2,1-2H3/t14-,15+,20+,21+,22-,23+,24+,25-,26+/m1/s1. The summed E-state index contributed by atoms with van der Waals surface area (Å²) in [4.78, 5) is 0. The molecular formula is C26H34O12. The van der Waals surface area contributed by atoms with Crippen LogP contribution in [0.5, 0.6) is 23.0 Å². The van der Waals surface area contributed by atoms with Crippen molar-refractivity contribution in [1.82, 2.24) is 0 Å². The molecule has 2 aliphatic heterocycles. The second kappa shape index (κ2) is 12.0. The molecule has 4 rings (SSSR count). The van der Waals surface area contributed by atoms with Crippen molar-refractivity contribution in [3.8, 4) is 23.0 Å². The number of aliphatic hydroxyl groups is 5. The Morgan fingerprint density at radius 1 is 0.711 bits per heavy atom. The zero-order chi connectivity index (χ0) is 27.6. The number of phenolic OH excluding ortho intramolecular Hbond substituents is 2. The fourth-order valence-corrected chi connectivity index (χ4v) is 5.06. The van der Waals surface area contributed by atoms with Gasteiger partial charge in [0.1, 0.15) is 24.4 Å². The summed E-state index contributed by atoms with van der Waals surface area (Å²) < 4.78 is 28.2. The number of benzene rings is 2. The van der Waals surface area contributed by atoms with Gasteiger partial charge in [-0.2, -0.15) is 0 Å². The first-order valence-corrected chi connectivity index (χ1v) is 12.2. The molecule has 2 fully saturated rings. The lowest BCUT2D eigenvalue weighted by atomic mass is 9.83. The van der Waals surface area contributed by atoms with Crippen molar-refractivity contribution in [2.75, 3.05) is 34.0 Å². The molecule has 0 aliphatic carbocycles. The normalized spacial score (nSPS) is 33.3. The third kappa shape index (κ3) is 5.40. The zero-order valence-corrected chi connectivity index (χ0v) is 21.0. The van der Waals surface area contributed by atoms with Gasteiger partial charge in [-0.3, -0.25) is 0 Å². The predicted molar refractivity (Wildman–Crippen MR) is 130 cm³/mol. The van der Waals surface area contributed by atoms with E-state index in [1.165, 1.54) is 26.4 Å². The average Bonchev–Trinajstić information content (AvgIpc) is 3.30. The van der Waals surface area contributed by atoms with E-state index in [0.29, 0.717) is 11.1 Å². The van der Waals surface area contributed by atoms with Gasteiger partial charge in [-0.1, -0.05) is 12.1 Å². The molecule has 0 unspecified atom stereocenters. The molecule has 0 radical (unpaired) electrons. The minimum atomic E-state index is -1.60. The van der Waals surface area contributed by atoms with Gasteiger partial charge in [-0.15, -0.1) is 0 Å². The lowest BCUT2D eigenvalue weighted by Crippen LogP contribution is -2.59. The molecule has 12 heteroatoms. The summed E-state index contributed by atoms with van der Waals surface area (Å²) in [7, 11) is 2.83. The van der Waals surface area contributed by atoms with Crippen LogP contribution < -0.4 is 9.47 Å². The van der Waals surface area contributed by atoms with Crippen LogP contribution in [0.2, 0.25) is 0 Å². The molecule has 0 spiro atoms. The number of methoxy groups -OCH3 is 2. The number of aromatic hydroxyl groups is 2. The molecule has 7 N–H and O–H groups in total. The summed E-state index contributed by atoms with van der Waals surface area (Å²) in [6, 6.07) is 9.44. The maximum atomic E-state index is 10.4. The zero-order valence-electron chi connectivity index (χ0n) is 21.0. The minimum Gasteiger partial charge on any atom is -0.504 e. The molecule has 2 heterocycles. The van der Waals surface area contributed by atoms with Crippen LogP contribution in [0.25, 0.3) is 0 Å². The Morgan fingerprint density at radius 3 is 1.76 bits per heavy atom. The molecule has 210 valence electrons. The molecule has 2 aromatic rings. The van der Waals surface area contributed by atoms with Crippen molar-refractivity contribution < 1.29 is 59.4 Å². The monoisotopic (exact) mass is 538 g/mol. The molecule has 2 aliphatic rings. The van der Waals surface area contributed by atoms with Crippen molar-refractivity contribution >= 4 is 0 Å². The molecule has 0 aromatic heterocycles. The second-order valence-corrected chi connectivity index (χ2v) is 9.38. The van der Waals surface area contributed by atoms with Gasteiger partial charge >= 0.3 is 0 Å². The molecule has 2 aromatic carbocycles. The minimum absolute atomic E-state index is 0.0582. The van der Waals surface area contributed by atoms with E-state index in [1.807, 2.05) is 0 Å². The Morgan fingerprint density at radius 2 is 1.26 bits per heavy atom. The van der Waals surface area contributed by atoms with Gasteiger partial charge in [0, 0.05) is 18.4 Å². The Bertz CT molecular complexity index is 1080. The fourth-order valence-electron chi connectivity index (χ4n) is 5.06. The highest BCUT2D eigenvalue weighted by atomic mass is 16.7. The highest BCUT2D eigenvalue weighted by Gasteiger charge is 2.48. The number of ether oxygens (including phenoxy) is 5. The van der Waals surface area contributed by atoms with E-state index in [9.17, 15) is 35.7 Å². The highest BCUT2D eigenvalue weighted by Crippen LogP contribution is 2.51. The van der Waals surface area contributed by atoms with E-state index in [2.05, 4.69) is 0 Å². The van der Waals surface area contributed by atoms with Gasteiger partial charge < -0.3 is 59.4 Å². The SMILES string of the molecule is COc1cc([C@H]2O[C@@H](c3ccc(O)c(OC)c3)[C@H](CO)[C@@H]2CO[C@H]2O[C@@H](CO)[C@H](O)[C@@H](O)[C@@H]2O)ccc1O. The summed E-state index contributed by atoms with van der Waals surface area (Å²) in [6.07, 6.45) is -8.57. The number of rotatable bonds is 9. The molecule has 0 amide bonds. The van der Waals surface area contributed by atoms with Crippen molar-refractivity contribution in [3.63, 3.8) is 0 Å². The van der Waals surface area contributed by atoms with Gasteiger partial charge in [0.2, 0.25) is 0 Å². The number of aliphatic hydroxyl groups excluding tert-OH is 5. The van der Waals surface area contributed by atoms with E-state index in [4.69, 9.17) is 23.7 Å². The van der Waals surface area contributed by atoms with Crippen LogP contribution in [0, 0.1) is 11.8 Å². The Kier molecular flexibility index (Phi) is 8.96. The van der Waals surface area contributed by atoms with Gasteiger partial charge in [-0.25, -0.2) is 0 Å². The van der Waals surface area contributed by atoms with Crippen LogP contribution in [0.15, 0.2) is 36.4 Å². The number of hydrogen-bond acceptors (Lipinski definition) is 12. The fraction of sp³-hybridized carbons (Fsp3) is 0.538. The molecule has 0 bridgehead atoms. The van der Waals surface area contributed by atoms with E-state index < -0.39 is 61.4 Å². The maximum absolute atomic E-state index is 10.4. The number of hydrogen-bond donors (Lipinski definition) is 7. The third-order valence-electron chi connectivity index (χ3n) is 7.20. The molecular weight excluding hydrogens is 504 g/mol. The van der Waals surface area contributed by atoms with Gasteiger partial charge in [0.05, 0.1) is 39.6 Å². The van der Waals surface area contributed by atoms with Crippen molar-refractivity contribution in [2.45, 2.75) is 42.9 Å². The van der Waals surface area contributed by atoms with Crippen LogP contribution in [-0.2, 0) is 14.2 Å². The Balaban J connectivity index is 1.65. The lowest BCUT2D eigenvalue weighted by Gasteiger charge is -2.40. The van der Waals surface area contributed by atoms with Crippen LogP contribution in [-0.4, -0.2) is 100 Å². The van der Waals surface area contributed by atoms with Crippen molar-refractivity contribution in [3.05, 3.63) is 47.5 Å². The Hall–Kier alpha value is -2.68. The van der Waals surface area contributed by atoms with Gasteiger partial charge in [0.15, 0.2) is 29.3 Å². The van der Waals surface area contributed by atoms with E-state index in [0.717, 1.165) is 0 Å². The van der Waals surface area contributed by atoms with Crippen LogP contribution in [0.3, 0.4) is 0 Å². The smallest absolute Gasteiger partial charge is 0.186 e. The number of phenols is 2. The highest BCUT2D eigenvalue weighted by molar-refractivity contribution is 5.44.